The van der Waals surface area contributed by atoms with Crippen molar-refractivity contribution in [3.05, 3.63) is 17.5 Å². The van der Waals surface area contributed by atoms with Crippen molar-refractivity contribution in [2.75, 3.05) is 13.6 Å². The van der Waals surface area contributed by atoms with E-state index in [9.17, 15) is 13.2 Å². The molecule has 2 rings (SSSR count). The first kappa shape index (κ1) is 18.9. The summed E-state index contributed by atoms with van der Waals surface area (Å²) in [4.78, 5) is 12.5. The molecular formula is C15H27N5O3S. The van der Waals surface area contributed by atoms with Crippen molar-refractivity contribution < 1.29 is 13.2 Å². The highest BCUT2D eigenvalue weighted by atomic mass is 32.2. The van der Waals surface area contributed by atoms with Crippen molar-refractivity contribution in [1.29, 1.82) is 0 Å². The van der Waals surface area contributed by atoms with Crippen LogP contribution in [0.2, 0.25) is 0 Å². The molecule has 9 heteroatoms. The van der Waals surface area contributed by atoms with E-state index in [0.717, 1.165) is 15.6 Å². The van der Waals surface area contributed by atoms with Crippen LogP contribution < -0.4 is 10.0 Å². The van der Waals surface area contributed by atoms with Gasteiger partial charge in [-0.05, 0) is 26.2 Å². The van der Waals surface area contributed by atoms with E-state index in [0.29, 0.717) is 25.4 Å². The molecule has 1 saturated heterocycles. The van der Waals surface area contributed by atoms with Gasteiger partial charge in [0.1, 0.15) is 6.04 Å². The van der Waals surface area contributed by atoms with E-state index < -0.39 is 22.3 Å². The molecule has 0 aliphatic carbocycles. The molecule has 1 aliphatic heterocycles. The fourth-order valence-electron chi connectivity index (χ4n) is 2.77. The Balaban J connectivity index is 2.26. The van der Waals surface area contributed by atoms with Crippen molar-refractivity contribution in [1.82, 2.24) is 24.1 Å². The summed E-state index contributed by atoms with van der Waals surface area (Å²) in [6.07, 6.45) is 2.22. The van der Waals surface area contributed by atoms with Gasteiger partial charge in [-0.25, -0.2) is 0 Å². The van der Waals surface area contributed by atoms with E-state index in [-0.39, 0.29) is 5.91 Å². The number of nitrogens with one attached hydrogen (secondary N) is 2. The van der Waals surface area contributed by atoms with Crippen molar-refractivity contribution in [3.63, 3.8) is 0 Å². The Hall–Kier alpha value is -1.45. The van der Waals surface area contributed by atoms with E-state index in [1.54, 1.807) is 4.68 Å². The zero-order valence-corrected chi connectivity index (χ0v) is 15.7. The Kier molecular flexibility index (Phi) is 5.67. The second-order valence-electron chi connectivity index (χ2n) is 6.61. The summed E-state index contributed by atoms with van der Waals surface area (Å²) >= 11 is 0. The summed E-state index contributed by atoms with van der Waals surface area (Å²) in [5.41, 5.74) is 1.59. The van der Waals surface area contributed by atoms with Gasteiger partial charge in [0.2, 0.25) is 5.91 Å². The van der Waals surface area contributed by atoms with Gasteiger partial charge in [0.05, 0.1) is 11.7 Å². The largest absolute Gasteiger partial charge is 0.354 e. The standard InChI is InChI=1S/C15H27N5O3S/c1-6-20-9-12(11(4)17-20)13-7-14(15(21)16-8-10(2)3)19(5)24(22,23)18-13/h9-10,13-14,18H,6-8H2,1-5H3,(H,16,21)/t13-,14+/m1/s1. The number of carbonyl (C=O) groups is 1. The van der Waals surface area contributed by atoms with Gasteiger partial charge in [-0.15, -0.1) is 0 Å². The van der Waals surface area contributed by atoms with Gasteiger partial charge in [-0.2, -0.15) is 22.5 Å². The van der Waals surface area contributed by atoms with Gasteiger partial charge in [0.25, 0.3) is 10.2 Å². The van der Waals surface area contributed by atoms with E-state index >= 15 is 0 Å². The van der Waals surface area contributed by atoms with Crippen molar-refractivity contribution in [3.8, 4) is 0 Å². The van der Waals surface area contributed by atoms with E-state index in [1.165, 1.54) is 7.05 Å². The molecule has 24 heavy (non-hydrogen) atoms. The van der Waals surface area contributed by atoms with Crippen LogP contribution in [0.3, 0.4) is 0 Å². The Bertz CT molecular complexity index is 698. The van der Waals surface area contributed by atoms with Gasteiger partial charge in [-0.3, -0.25) is 9.48 Å². The van der Waals surface area contributed by atoms with Crippen LogP contribution in [-0.4, -0.2) is 48.0 Å². The minimum atomic E-state index is -3.72. The summed E-state index contributed by atoms with van der Waals surface area (Å²) in [7, 11) is -2.29. The Labute approximate surface area is 143 Å². The Morgan fingerprint density at radius 3 is 2.71 bits per heavy atom. The number of carbonyl (C=O) groups excluding carboxylic acids is 1. The van der Waals surface area contributed by atoms with Gasteiger partial charge in [0.15, 0.2) is 0 Å². The molecule has 0 aromatic carbocycles. The molecule has 0 unspecified atom stereocenters. The van der Waals surface area contributed by atoms with Crippen LogP contribution >= 0.6 is 0 Å². The van der Waals surface area contributed by atoms with Gasteiger partial charge in [-0.1, -0.05) is 13.8 Å². The van der Waals surface area contributed by atoms with Gasteiger partial charge >= 0.3 is 0 Å². The van der Waals surface area contributed by atoms with Crippen molar-refractivity contribution >= 4 is 16.1 Å². The maximum Gasteiger partial charge on any atom is 0.280 e. The minimum Gasteiger partial charge on any atom is -0.354 e. The molecule has 0 radical (unpaired) electrons. The third-order valence-electron chi connectivity index (χ3n) is 4.24. The maximum atomic E-state index is 12.5. The second kappa shape index (κ2) is 7.20. The molecule has 2 atom stereocenters. The lowest BCUT2D eigenvalue weighted by atomic mass is 10.00. The molecule has 2 heterocycles. The highest BCUT2D eigenvalue weighted by Crippen LogP contribution is 2.29. The van der Waals surface area contributed by atoms with E-state index in [4.69, 9.17) is 0 Å². The first-order chi connectivity index (χ1) is 11.2. The molecule has 2 N–H and O–H groups in total. The highest BCUT2D eigenvalue weighted by molar-refractivity contribution is 7.87. The topological polar surface area (TPSA) is 96.3 Å². The molecular weight excluding hydrogens is 330 g/mol. The lowest BCUT2D eigenvalue weighted by Gasteiger charge is -2.36. The minimum absolute atomic E-state index is 0.262. The number of aromatic nitrogens is 2. The third kappa shape index (κ3) is 3.96. The first-order valence-corrected chi connectivity index (χ1v) is 9.66. The normalized spacial score (nSPS) is 24.2. The van der Waals surface area contributed by atoms with Gasteiger partial charge < -0.3 is 5.32 Å². The smallest absolute Gasteiger partial charge is 0.280 e. The van der Waals surface area contributed by atoms with Crippen LogP contribution in [0.4, 0.5) is 0 Å². The predicted molar refractivity (Wildman–Crippen MR) is 91.5 cm³/mol. The zero-order valence-electron chi connectivity index (χ0n) is 14.9. The number of amides is 1. The predicted octanol–water partition coefficient (Wildman–Crippen LogP) is 0.563. The summed E-state index contributed by atoms with van der Waals surface area (Å²) in [5, 5.41) is 7.20. The highest BCUT2D eigenvalue weighted by Gasteiger charge is 2.41. The molecule has 1 amide bonds. The molecule has 136 valence electrons. The van der Waals surface area contributed by atoms with Crippen LogP contribution in [0.5, 0.6) is 0 Å². The molecule has 8 nitrogen and oxygen atoms in total. The molecule has 1 aromatic rings. The zero-order chi connectivity index (χ0) is 18.1. The van der Waals surface area contributed by atoms with Crippen LogP contribution in [-0.2, 0) is 21.5 Å². The van der Waals surface area contributed by atoms with Crippen molar-refractivity contribution in [2.24, 2.45) is 5.92 Å². The van der Waals surface area contributed by atoms with Crippen LogP contribution in [0.25, 0.3) is 0 Å². The SMILES string of the molecule is CCn1cc([C@H]2C[C@@H](C(=O)NCC(C)C)N(C)S(=O)(=O)N2)c(C)n1. The van der Waals surface area contributed by atoms with E-state index in [1.807, 2.05) is 33.9 Å². The maximum absolute atomic E-state index is 12.5. The lowest BCUT2D eigenvalue weighted by Crippen LogP contribution is -2.57. The number of nitrogens with zero attached hydrogens (tertiary/aromatic N) is 3. The lowest BCUT2D eigenvalue weighted by molar-refractivity contribution is -0.125. The quantitative estimate of drug-likeness (QED) is 0.805. The van der Waals surface area contributed by atoms with Crippen LogP contribution in [0, 0.1) is 12.8 Å². The summed E-state index contributed by atoms with van der Waals surface area (Å²) < 4.78 is 30.4. The molecule has 1 fully saturated rings. The number of rotatable bonds is 5. The van der Waals surface area contributed by atoms with Crippen molar-refractivity contribution in [2.45, 2.75) is 52.7 Å². The monoisotopic (exact) mass is 357 g/mol. The summed E-state index contributed by atoms with van der Waals surface area (Å²) in [6.45, 7) is 9.04. The fourth-order valence-corrected chi connectivity index (χ4v) is 4.04. The van der Waals surface area contributed by atoms with Gasteiger partial charge in [0, 0.05) is 31.9 Å². The summed E-state index contributed by atoms with van der Waals surface area (Å²) in [5.74, 6) is 0.0419. The fraction of sp³-hybridized carbons (Fsp3) is 0.733. The summed E-state index contributed by atoms with van der Waals surface area (Å²) in [6, 6.07) is -1.19. The number of hydrogen-bond donors (Lipinski definition) is 2. The number of likely N-dealkylation sites (N-methyl/N-ethyl adjacent to an activating group) is 1. The average Bonchev–Trinajstić information content (AvgIpc) is 2.88. The number of aryl methyl sites for hydroxylation is 2. The molecule has 1 aromatic heterocycles. The van der Waals surface area contributed by atoms with Crippen LogP contribution in [0.15, 0.2) is 6.20 Å². The number of hydrogen-bond acceptors (Lipinski definition) is 4. The third-order valence-corrected chi connectivity index (χ3v) is 5.83. The molecule has 1 aliphatic rings. The average molecular weight is 357 g/mol. The van der Waals surface area contributed by atoms with E-state index in [2.05, 4.69) is 15.1 Å². The first-order valence-electron chi connectivity index (χ1n) is 8.22. The Morgan fingerprint density at radius 2 is 2.17 bits per heavy atom. The molecule has 0 spiro atoms. The molecule has 0 saturated carbocycles. The second-order valence-corrected chi connectivity index (χ2v) is 8.37. The Morgan fingerprint density at radius 1 is 1.50 bits per heavy atom. The van der Waals surface area contributed by atoms with Crippen LogP contribution in [0.1, 0.15) is 44.5 Å². The molecule has 0 bridgehead atoms.